The molecule has 0 spiro atoms. The van der Waals surface area contributed by atoms with Gasteiger partial charge in [0.05, 0.1) is 21.5 Å². The highest BCUT2D eigenvalue weighted by Crippen LogP contribution is 2.37. The smallest absolute Gasteiger partial charge is 0.313 e. The van der Waals surface area contributed by atoms with Crippen LogP contribution in [0, 0.1) is 0 Å². The van der Waals surface area contributed by atoms with Crippen LogP contribution in [-0.4, -0.2) is 27.0 Å². The number of carbonyl (C=O) groups is 1. The molecule has 1 aromatic heterocycles. The second kappa shape index (κ2) is 6.95. The van der Waals surface area contributed by atoms with Crippen molar-refractivity contribution in [3.8, 4) is 0 Å². The van der Waals surface area contributed by atoms with Crippen LogP contribution in [0.2, 0.25) is 10.0 Å². The Hall–Kier alpha value is -0.540. The van der Waals surface area contributed by atoms with E-state index in [-0.39, 0.29) is 5.75 Å². The topological polar surface area (TPSA) is 75.1 Å². The van der Waals surface area contributed by atoms with Crippen molar-refractivity contribution in [1.29, 1.82) is 0 Å². The van der Waals surface area contributed by atoms with Crippen molar-refractivity contribution in [3.05, 3.63) is 26.7 Å². The minimum Gasteiger partial charge on any atom is -0.481 e. The molecule has 1 heterocycles. The van der Waals surface area contributed by atoms with Crippen molar-refractivity contribution in [1.82, 2.24) is 10.2 Å². The summed E-state index contributed by atoms with van der Waals surface area (Å²) in [5.74, 6) is -0.965. The fraction of sp³-hybridized carbons (Fsp3) is 0.100. The molecule has 20 heavy (non-hydrogen) atoms. The van der Waals surface area contributed by atoms with E-state index in [2.05, 4.69) is 31.4 Å². The van der Waals surface area contributed by atoms with Gasteiger partial charge in [0.1, 0.15) is 0 Å². The molecule has 0 bridgehead atoms. The van der Waals surface area contributed by atoms with Crippen LogP contribution in [0.15, 0.2) is 20.9 Å². The lowest BCUT2D eigenvalue weighted by Crippen LogP contribution is -1.96. The van der Waals surface area contributed by atoms with Crippen molar-refractivity contribution >= 4 is 79.0 Å². The predicted molar refractivity (Wildman–Crippen MR) is 85.7 cm³/mol. The van der Waals surface area contributed by atoms with Crippen molar-refractivity contribution in [2.45, 2.75) is 4.34 Å². The summed E-state index contributed by atoms with van der Waals surface area (Å²) in [6, 6.07) is 3.41. The van der Waals surface area contributed by atoms with Gasteiger partial charge in [0.15, 0.2) is 4.34 Å². The number of thioether (sulfide) groups is 1. The van der Waals surface area contributed by atoms with Gasteiger partial charge in [-0.15, -0.1) is 10.2 Å². The number of aromatic nitrogens is 2. The summed E-state index contributed by atoms with van der Waals surface area (Å²) in [5.41, 5.74) is 0.530. The molecule has 10 heteroatoms. The summed E-state index contributed by atoms with van der Waals surface area (Å²) < 4.78 is 1.33. The molecular weight excluding hydrogens is 409 g/mol. The van der Waals surface area contributed by atoms with Crippen LogP contribution in [0.1, 0.15) is 0 Å². The number of nitrogens with one attached hydrogen (secondary N) is 1. The van der Waals surface area contributed by atoms with Crippen molar-refractivity contribution < 1.29 is 9.90 Å². The van der Waals surface area contributed by atoms with Gasteiger partial charge in [0, 0.05) is 4.47 Å². The Morgan fingerprint density at radius 2 is 2.05 bits per heavy atom. The van der Waals surface area contributed by atoms with E-state index < -0.39 is 5.97 Å². The first-order valence-corrected chi connectivity index (χ1v) is 8.40. The number of rotatable bonds is 5. The molecule has 0 aliphatic carbocycles. The van der Waals surface area contributed by atoms with E-state index in [0.717, 1.165) is 16.2 Å². The highest BCUT2D eigenvalue weighted by atomic mass is 79.9. The summed E-state index contributed by atoms with van der Waals surface area (Å²) in [5, 5.41) is 20.7. The first kappa shape index (κ1) is 15.8. The molecule has 0 atom stereocenters. The zero-order valence-electron chi connectivity index (χ0n) is 9.56. The van der Waals surface area contributed by atoms with Gasteiger partial charge in [-0.2, -0.15) is 0 Å². The molecule has 0 amide bonds. The lowest BCUT2D eigenvalue weighted by atomic mass is 10.3. The van der Waals surface area contributed by atoms with Gasteiger partial charge in [-0.25, -0.2) is 0 Å². The third kappa shape index (κ3) is 4.23. The molecule has 2 N–H and O–H groups in total. The van der Waals surface area contributed by atoms with Crippen LogP contribution in [0.4, 0.5) is 10.8 Å². The van der Waals surface area contributed by atoms with Gasteiger partial charge >= 0.3 is 5.97 Å². The quantitative estimate of drug-likeness (QED) is 0.700. The van der Waals surface area contributed by atoms with Crippen LogP contribution in [-0.2, 0) is 4.79 Å². The summed E-state index contributed by atoms with van der Waals surface area (Å²) in [7, 11) is 0. The van der Waals surface area contributed by atoms with E-state index in [1.165, 1.54) is 11.3 Å². The van der Waals surface area contributed by atoms with E-state index in [0.29, 0.717) is 25.2 Å². The van der Waals surface area contributed by atoms with Gasteiger partial charge in [-0.1, -0.05) is 62.2 Å². The molecule has 2 aromatic rings. The largest absolute Gasteiger partial charge is 0.481 e. The fourth-order valence-corrected chi connectivity index (χ4v) is 3.99. The standard InChI is InChI=1S/C10H6BrCl2N3O2S2/c11-4-1-5(12)8(6(13)2-4)14-9-15-16-10(20-9)19-3-7(17)18/h1-2H,3H2,(H,14,15)(H,17,18). The maximum absolute atomic E-state index is 10.5. The number of carboxylic acids is 1. The Labute approximate surface area is 140 Å². The number of halogens is 3. The van der Waals surface area contributed by atoms with E-state index >= 15 is 0 Å². The van der Waals surface area contributed by atoms with Crippen molar-refractivity contribution in [2.75, 3.05) is 11.1 Å². The monoisotopic (exact) mass is 413 g/mol. The minimum atomic E-state index is -0.904. The predicted octanol–water partition coefficient (Wildman–Crippen LogP) is 4.53. The summed E-state index contributed by atoms with van der Waals surface area (Å²) in [6.07, 6.45) is 0. The maximum Gasteiger partial charge on any atom is 0.313 e. The van der Waals surface area contributed by atoms with Crippen LogP contribution < -0.4 is 5.32 Å². The third-order valence-corrected chi connectivity index (χ3v) is 4.98. The fourth-order valence-electron chi connectivity index (χ4n) is 1.21. The van der Waals surface area contributed by atoms with Crippen molar-refractivity contribution in [2.24, 2.45) is 0 Å². The van der Waals surface area contributed by atoms with Gasteiger partial charge in [-0.05, 0) is 12.1 Å². The summed E-state index contributed by atoms with van der Waals surface area (Å²) in [4.78, 5) is 10.5. The third-order valence-electron chi connectivity index (χ3n) is 1.96. The Morgan fingerprint density at radius 1 is 1.40 bits per heavy atom. The maximum atomic E-state index is 10.5. The first-order valence-electron chi connectivity index (χ1n) is 5.05. The second-order valence-electron chi connectivity index (χ2n) is 3.42. The molecule has 0 unspecified atom stereocenters. The van der Waals surface area contributed by atoms with Crippen LogP contribution in [0.5, 0.6) is 0 Å². The summed E-state index contributed by atoms with van der Waals surface area (Å²) >= 11 is 17.8. The Kier molecular flexibility index (Phi) is 5.50. The summed E-state index contributed by atoms with van der Waals surface area (Å²) in [6.45, 7) is 0. The average molecular weight is 415 g/mol. The number of benzene rings is 1. The molecule has 0 radical (unpaired) electrons. The number of aliphatic carboxylic acids is 1. The van der Waals surface area contributed by atoms with Gasteiger partial charge in [-0.3, -0.25) is 4.79 Å². The van der Waals surface area contributed by atoms with E-state index in [1.807, 2.05) is 0 Å². The first-order chi connectivity index (χ1) is 9.45. The number of hydrogen-bond acceptors (Lipinski definition) is 6. The Morgan fingerprint density at radius 3 is 2.65 bits per heavy atom. The van der Waals surface area contributed by atoms with Crippen LogP contribution >= 0.6 is 62.2 Å². The van der Waals surface area contributed by atoms with Crippen molar-refractivity contribution in [3.63, 3.8) is 0 Å². The normalized spacial score (nSPS) is 10.6. The van der Waals surface area contributed by atoms with Gasteiger partial charge in [0.2, 0.25) is 5.13 Å². The van der Waals surface area contributed by atoms with Gasteiger partial charge < -0.3 is 10.4 Å². The highest BCUT2D eigenvalue weighted by Gasteiger charge is 2.12. The molecule has 1 aromatic carbocycles. The number of anilines is 2. The van der Waals surface area contributed by atoms with E-state index in [4.69, 9.17) is 28.3 Å². The molecule has 0 aliphatic rings. The molecule has 5 nitrogen and oxygen atoms in total. The zero-order chi connectivity index (χ0) is 14.7. The second-order valence-corrected chi connectivity index (χ2v) is 7.36. The van der Waals surface area contributed by atoms with Crippen LogP contribution in [0.3, 0.4) is 0 Å². The Bertz CT molecular complexity index is 630. The lowest BCUT2D eigenvalue weighted by Gasteiger charge is -2.07. The molecular formula is C10H6BrCl2N3O2S2. The molecule has 0 aliphatic heterocycles. The van der Waals surface area contributed by atoms with Crippen LogP contribution in [0.25, 0.3) is 0 Å². The van der Waals surface area contributed by atoms with E-state index in [9.17, 15) is 4.79 Å². The molecule has 0 saturated carbocycles. The molecule has 0 fully saturated rings. The molecule has 2 rings (SSSR count). The minimum absolute atomic E-state index is 0.0611. The lowest BCUT2D eigenvalue weighted by molar-refractivity contribution is -0.133. The highest BCUT2D eigenvalue weighted by molar-refractivity contribution is 9.10. The number of carboxylic acid groups (broad SMARTS) is 1. The zero-order valence-corrected chi connectivity index (χ0v) is 14.3. The SMILES string of the molecule is O=C(O)CSc1nnc(Nc2c(Cl)cc(Br)cc2Cl)s1. The molecule has 106 valence electrons. The number of hydrogen-bond donors (Lipinski definition) is 2. The molecule has 0 saturated heterocycles. The van der Waals surface area contributed by atoms with Gasteiger partial charge in [0.25, 0.3) is 0 Å². The van der Waals surface area contributed by atoms with E-state index in [1.54, 1.807) is 12.1 Å². The number of nitrogens with zero attached hydrogens (tertiary/aromatic N) is 2. The average Bonchev–Trinajstić information content (AvgIpc) is 2.79. The Balaban J connectivity index is 2.13.